The number of ketones is 1. The first kappa shape index (κ1) is 11.7. The quantitative estimate of drug-likeness (QED) is 0.677. The molecule has 82 valence electrons. The van der Waals surface area contributed by atoms with Gasteiger partial charge in [-0.25, -0.2) is 0 Å². The minimum absolute atomic E-state index is 0.183. The lowest BCUT2D eigenvalue weighted by Gasteiger charge is -2.43. The number of nitrogens with zero attached hydrogens (tertiary/aromatic N) is 1. The second kappa shape index (κ2) is 3.65. The minimum atomic E-state index is 0.183. The number of carbonyl (C=O) groups excluding carboxylic acids is 1. The molecule has 0 amide bonds. The highest BCUT2D eigenvalue weighted by Gasteiger charge is 2.40. The molecule has 0 N–H and O–H groups in total. The van der Waals surface area contributed by atoms with E-state index in [1.165, 1.54) is 0 Å². The fourth-order valence-corrected chi connectivity index (χ4v) is 3.23. The Labute approximate surface area is 87.7 Å². The van der Waals surface area contributed by atoms with Crippen molar-refractivity contribution < 1.29 is 4.79 Å². The Balaban J connectivity index is 2.74. The Morgan fingerprint density at radius 3 is 2.21 bits per heavy atom. The van der Waals surface area contributed by atoms with Gasteiger partial charge in [-0.3, -0.25) is 4.79 Å². The molecule has 0 heterocycles. The van der Waals surface area contributed by atoms with Crippen molar-refractivity contribution in [3.05, 3.63) is 0 Å². The van der Waals surface area contributed by atoms with Crippen molar-refractivity contribution in [1.82, 2.24) is 4.90 Å². The van der Waals surface area contributed by atoms with Crippen molar-refractivity contribution in [1.29, 1.82) is 0 Å². The van der Waals surface area contributed by atoms with Crippen LogP contribution >= 0.6 is 0 Å². The predicted molar refractivity (Wildman–Crippen MR) is 59.3 cm³/mol. The van der Waals surface area contributed by atoms with Gasteiger partial charge >= 0.3 is 0 Å². The van der Waals surface area contributed by atoms with Gasteiger partial charge in [0.25, 0.3) is 0 Å². The SMILES string of the molecule is CN(C)C[C@]1(C)CC(=O)CC(C)(C)C1. The summed E-state index contributed by atoms with van der Waals surface area (Å²) in [7, 11) is 4.16. The van der Waals surface area contributed by atoms with E-state index in [4.69, 9.17) is 0 Å². The van der Waals surface area contributed by atoms with Gasteiger partial charge in [-0.2, -0.15) is 0 Å². The standard InChI is InChI=1S/C12H23NO/c1-11(2)6-10(14)7-12(3,8-11)9-13(4)5/h6-9H2,1-5H3/t12-/m1/s1. The Morgan fingerprint density at radius 1 is 1.21 bits per heavy atom. The van der Waals surface area contributed by atoms with Crippen LogP contribution in [0, 0.1) is 10.8 Å². The van der Waals surface area contributed by atoms with E-state index in [2.05, 4.69) is 39.8 Å². The second-order valence-electron chi connectivity index (χ2n) is 6.28. The summed E-state index contributed by atoms with van der Waals surface area (Å²) in [5.74, 6) is 0.436. The molecular weight excluding hydrogens is 174 g/mol. The van der Waals surface area contributed by atoms with Crippen LogP contribution in [0.2, 0.25) is 0 Å². The van der Waals surface area contributed by atoms with Gasteiger partial charge in [0.05, 0.1) is 0 Å². The van der Waals surface area contributed by atoms with Gasteiger partial charge in [0.15, 0.2) is 0 Å². The summed E-state index contributed by atoms with van der Waals surface area (Å²) >= 11 is 0. The van der Waals surface area contributed by atoms with Crippen molar-refractivity contribution in [2.75, 3.05) is 20.6 Å². The number of rotatable bonds is 2. The van der Waals surface area contributed by atoms with Crippen LogP contribution in [0.4, 0.5) is 0 Å². The third kappa shape index (κ3) is 3.09. The van der Waals surface area contributed by atoms with Gasteiger partial charge in [-0.05, 0) is 31.3 Å². The Hall–Kier alpha value is -0.370. The molecule has 1 aliphatic rings. The maximum atomic E-state index is 11.7. The molecule has 0 aromatic heterocycles. The zero-order valence-electron chi connectivity index (χ0n) is 10.2. The topological polar surface area (TPSA) is 20.3 Å². The number of Topliss-reactive ketones (excluding diaryl/α,β-unsaturated/α-hetero) is 1. The lowest BCUT2D eigenvalue weighted by molar-refractivity contribution is -0.128. The number of carbonyl (C=O) groups is 1. The molecule has 0 aromatic carbocycles. The summed E-state index contributed by atoms with van der Waals surface area (Å²) in [5.41, 5.74) is 0.377. The first-order chi connectivity index (χ1) is 6.22. The molecule has 1 rings (SSSR count). The lowest BCUT2D eigenvalue weighted by Crippen LogP contribution is -2.41. The zero-order chi connectivity index (χ0) is 11.0. The molecule has 2 heteroatoms. The molecule has 0 aliphatic heterocycles. The van der Waals surface area contributed by atoms with E-state index in [0.717, 1.165) is 25.8 Å². The summed E-state index contributed by atoms with van der Waals surface area (Å²) in [6.07, 6.45) is 2.68. The van der Waals surface area contributed by atoms with Crippen molar-refractivity contribution in [3.63, 3.8) is 0 Å². The van der Waals surface area contributed by atoms with E-state index in [1.807, 2.05) is 0 Å². The van der Waals surface area contributed by atoms with E-state index >= 15 is 0 Å². The first-order valence-electron chi connectivity index (χ1n) is 5.39. The highest BCUT2D eigenvalue weighted by atomic mass is 16.1. The molecule has 0 aromatic rings. The zero-order valence-corrected chi connectivity index (χ0v) is 10.2. The van der Waals surface area contributed by atoms with E-state index in [1.54, 1.807) is 0 Å². The second-order valence-corrected chi connectivity index (χ2v) is 6.28. The third-order valence-corrected chi connectivity index (χ3v) is 2.90. The molecule has 2 nitrogen and oxygen atoms in total. The van der Waals surface area contributed by atoms with Gasteiger partial charge in [0, 0.05) is 19.4 Å². The maximum Gasteiger partial charge on any atom is 0.134 e. The van der Waals surface area contributed by atoms with E-state index in [9.17, 15) is 4.79 Å². The molecule has 0 spiro atoms. The predicted octanol–water partition coefficient (Wildman–Crippen LogP) is 2.33. The van der Waals surface area contributed by atoms with Crippen LogP contribution in [0.3, 0.4) is 0 Å². The van der Waals surface area contributed by atoms with E-state index in [0.29, 0.717) is 5.78 Å². The number of hydrogen-bond acceptors (Lipinski definition) is 2. The molecule has 1 aliphatic carbocycles. The lowest BCUT2D eigenvalue weighted by atomic mass is 9.64. The minimum Gasteiger partial charge on any atom is -0.309 e. The fraction of sp³-hybridized carbons (Fsp3) is 0.917. The average Bonchev–Trinajstić information content (AvgIpc) is 1.74. The average molecular weight is 197 g/mol. The summed E-state index contributed by atoms with van der Waals surface area (Å²) in [5, 5.41) is 0. The molecule has 0 bridgehead atoms. The largest absolute Gasteiger partial charge is 0.309 e. The van der Waals surface area contributed by atoms with E-state index in [-0.39, 0.29) is 10.8 Å². The van der Waals surface area contributed by atoms with E-state index < -0.39 is 0 Å². The van der Waals surface area contributed by atoms with Crippen LogP contribution in [-0.4, -0.2) is 31.3 Å². The fourth-order valence-electron chi connectivity index (χ4n) is 3.23. The van der Waals surface area contributed by atoms with Crippen molar-refractivity contribution in [3.8, 4) is 0 Å². The Kier molecular flexibility index (Phi) is 3.05. The highest BCUT2D eigenvalue weighted by Crippen LogP contribution is 2.44. The normalized spacial score (nSPS) is 32.3. The van der Waals surface area contributed by atoms with Crippen LogP contribution in [-0.2, 0) is 4.79 Å². The van der Waals surface area contributed by atoms with Crippen LogP contribution in [0.5, 0.6) is 0 Å². The van der Waals surface area contributed by atoms with Crippen molar-refractivity contribution >= 4 is 5.78 Å². The molecule has 1 atom stereocenters. The van der Waals surface area contributed by atoms with Gasteiger partial charge in [0.2, 0.25) is 0 Å². The van der Waals surface area contributed by atoms with Crippen LogP contribution in [0.15, 0.2) is 0 Å². The molecule has 14 heavy (non-hydrogen) atoms. The Morgan fingerprint density at radius 2 is 1.79 bits per heavy atom. The Bertz CT molecular complexity index is 232. The van der Waals surface area contributed by atoms with Crippen molar-refractivity contribution in [2.24, 2.45) is 10.8 Å². The maximum absolute atomic E-state index is 11.7. The summed E-state index contributed by atoms with van der Waals surface area (Å²) < 4.78 is 0. The summed E-state index contributed by atoms with van der Waals surface area (Å²) in [6, 6.07) is 0. The van der Waals surface area contributed by atoms with Crippen molar-refractivity contribution in [2.45, 2.75) is 40.0 Å². The number of hydrogen-bond donors (Lipinski definition) is 0. The van der Waals surface area contributed by atoms with Crippen LogP contribution in [0.25, 0.3) is 0 Å². The van der Waals surface area contributed by atoms with Gasteiger partial charge in [0.1, 0.15) is 5.78 Å². The van der Waals surface area contributed by atoms with Crippen LogP contribution < -0.4 is 0 Å². The third-order valence-electron chi connectivity index (χ3n) is 2.90. The molecule has 0 unspecified atom stereocenters. The monoisotopic (exact) mass is 197 g/mol. The van der Waals surface area contributed by atoms with Gasteiger partial charge < -0.3 is 4.90 Å². The smallest absolute Gasteiger partial charge is 0.134 e. The first-order valence-corrected chi connectivity index (χ1v) is 5.39. The molecule has 0 saturated heterocycles. The molecule has 1 fully saturated rings. The highest BCUT2D eigenvalue weighted by molar-refractivity contribution is 5.80. The van der Waals surface area contributed by atoms with Crippen LogP contribution in [0.1, 0.15) is 40.0 Å². The van der Waals surface area contributed by atoms with Gasteiger partial charge in [-0.15, -0.1) is 0 Å². The summed E-state index contributed by atoms with van der Waals surface area (Å²) in [4.78, 5) is 13.8. The molecular formula is C12H23NO. The molecule has 0 radical (unpaired) electrons. The molecule has 1 saturated carbocycles. The summed E-state index contributed by atoms with van der Waals surface area (Å²) in [6.45, 7) is 7.67. The van der Waals surface area contributed by atoms with Gasteiger partial charge in [-0.1, -0.05) is 20.8 Å².